The number of rotatable bonds is 7. The first kappa shape index (κ1) is 16.4. The van der Waals surface area contributed by atoms with Crippen molar-refractivity contribution in [2.24, 2.45) is 0 Å². The van der Waals surface area contributed by atoms with Crippen molar-refractivity contribution in [3.8, 4) is 0 Å². The summed E-state index contributed by atoms with van der Waals surface area (Å²) in [6, 6.07) is 6.22. The van der Waals surface area contributed by atoms with E-state index in [9.17, 15) is 18.3 Å². The number of benzene rings is 1. The minimum absolute atomic E-state index is 0.00870. The van der Waals surface area contributed by atoms with Crippen LogP contribution < -0.4 is 5.32 Å². The molecule has 0 spiro atoms. The van der Waals surface area contributed by atoms with E-state index in [1.54, 1.807) is 25.1 Å². The van der Waals surface area contributed by atoms with Gasteiger partial charge in [0, 0.05) is 5.54 Å². The van der Waals surface area contributed by atoms with E-state index in [0.29, 0.717) is 5.56 Å². The SMILES string of the molecule is CC(CO)(Cc1ccccc1F)NCc1nc(C(F)F)no1. The smallest absolute Gasteiger partial charge is 0.300 e. The number of aromatic nitrogens is 2. The van der Waals surface area contributed by atoms with Crippen molar-refractivity contribution in [1.82, 2.24) is 15.5 Å². The molecule has 0 saturated carbocycles. The van der Waals surface area contributed by atoms with Crippen molar-refractivity contribution in [2.75, 3.05) is 6.61 Å². The minimum Gasteiger partial charge on any atom is -0.394 e. The van der Waals surface area contributed by atoms with Gasteiger partial charge in [-0.25, -0.2) is 13.2 Å². The van der Waals surface area contributed by atoms with Gasteiger partial charge < -0.3 is 14.9 Å². The van der Waals surface area contributed by atoms with Crippen LogP contribution in [0.25, 0.3) is 0 Å². The van der Waals surface area contributed by atoms with Crippen molar-refractivity contribution in [3.05, 3.63) is 47.4 Å². The molecular formula is C14H16F3N3O2. The van der Waals surface area contributed by atoms with Crippen molar-refractivity contribution in [1.29, 1.82) is 0 Å². The zero-order valence-electron chi connectivity index (χ0n) is 11.9. The Kier molecular flexibility index (Phi) is 5.15. The number of aliphatic hydroxyl groups is 1. The fourth-order valence-electron chi connectivity index (χ4n) is 1.95. The van der Waals surface area contributed by atoms with Crippen LogP contribution >= 0.6 is 0 Å². The van der Waals surface area contributed by atoms with E-state index < -0.39 is 17.8 Å². The molecule has 2 N–H and O–H groups in total. The topological polar surface area (TPSA) is 71.2 Å². The van der Waals surface area contributed by atoms with E-state index in [4.69, 9.17) is 0 Å². The molecule has 120 valence electrons. The molecule has 0 saturated heterocycles. The number of nitrogens with zero attached hydrogens (tertiary/aromatic N) is 2. The third-order valence-electron chi connectivity index (χ3n) is 3.23. The Morgan fingerprint density at radius 3 is 2.68 bits per heavy atom. The molecule has 0 aliphatic carbocycles. The largest absolute Gasteiger partial charge is 0.394 e. The summed E-state index contributed by atoms with van der Waals surface area (Å²) >= 11 is 0. The summed E-state index contributed by atoms with van der Waals surface area (Å²) in [4.78, 5) is 3.53. The standard InChI is InChI=1S/C14H16F3N3O2/c1-14(8-21,6-9-4-2-3-5-10(9)15)18-7-11-19-13(12(16)17)20-22-11/h2-5,12,18,21H,6-8H2,1H3. The Labute approximate surface area is 125 Å². The first-order valence-corrected chi connectivity index (χ1v) is 6.63. The molecule has 0 aliphatic rings. The van der Waals surface area contributed by atoms with Crippen LogP contribution in [0.1, 0.15) is 30.6 Å². The second-order valence-electron chi connectivity index (χ2n) is 5.19. The van der Waals surface area contributed by atoms with Crippen LogP contribution in [0.2, 0.25) is 0 Å². The summed E-state index contributed by atoms with van der Waals surface area (Å²) < 4.78 is 43.1. The van der Waals surface area contributed by atoms with Crippen LogP contribution in [-0.2, 0) is 13.0 Å². The van der Waals surface area contributed by atoms with Gasteiger partial charge in [0.1, 0.15) is 5.82 Å². The van der Waals surface area contributed by atoms with E-state index >= 15 is 0 Å². The Bertz CT molecular complexity index is 621. The summed E-state index contributed by atoms with van der Waals surface area (Å²) in [5.74, 6) is -1.08. The fourth-order valence-corrected chi connectivity index (χ4v) is 1.95. The lowest BCUT2D eigenvalue weighted by Gasteiger charge is -2.28. The zero-order valence-corrected chi connectivity index (χ0v) is 11.9. The molecule has 0 fully saturated rings. The van der Waals surface area contributed by atoms with Gasteiger partial charge in [0.05, 0.1) is 13.2 Å². The van der Waals surface area contributed by atoms with Crippen LogP contribution in [0.4, 0.5) is 13.2 Å². The lowest BCUT2D eigenvalue weighted by Crippen LogP contribution is -2.47. The minimum atomic E-state index is -2.81. The highest BCUT2D eigenvalue weighted by Crippen LogP contribution is 2.18. The second kappa shape index (κ2) is 6.89. The summed E-state index contributed by atoms with van der Waals surface area (Å²) in [6.07, 6.45) is -2.59. The molecule has 0 radical (unpaired) electrons. The fraction of sp³-hybridized carbons (Fsp3) is 0.429. The van der Waals surface area contributed by atoms with Crippen molar-refractivity contribution in [2.45, 2.75) is 31.9 Å². The van der Waals surface area contributed by atoms with E-state index in [0.717, 1.165) is 0 Å². The summed E-state index contributed by atoms with van der Waals surface area (Å²) in [6.45, 7) is 1.40. The predicted molar refractivity (Wildman–Crippen MR) is 71.7 cm³/mol. The van der Waals surface area contributed by atoms with E-state index in [1.165, 1.54) is 6.07 Å². The maximum atomic E-state index is 13.7. The highest BCUT2D eigenvalue weighted by molar-refractivity contribution is 5.20. The second-order valence-corrected chi connectivity index (χ2v) is 5.19. The third-order valence-corrected chi connectivity index (χ3v) is 3.23. The normalized spacial score (nSPS) is 14.3. The third kappa shape index (κ3) is 4.05. The van der Waals surface area contributed by atoms with Gasteiger partial charge in [-0.3, -0.25) is 0 Å². The van der Waals surface area contributed by atoms with Crippen molar-refractivity contribution in [3.63, 3.8) is 0 Å². The first-order chi connectivity index (χ1) is 10.4. The quantitative estimate of drug-likeness (QED) is 0.820. The molecular weight excluding hydrogens is 299 g/mol. The van der Waals surface area contributed by atoms with E-state index in [2.05, 4.69) is 20.0 Å². The van der Waals surface area contributed by atoms with Crippen molar-refractivity contribution < 1.29 is 22.8 Å². The molecule has 0 bridgehead atoms. The van der Waals surface area contributed by atoms with Gasteiger partial charge in [0.2, 0.25) is 11.7 Å². The number of hydrogen-bond donors (Lipinski definition) is 2. The number of alkyl halides is 2. The molecule has 1 aromatic heterocycles. The highest BCUT2D eigenvalue weighted by Gasteiger charge is 2.26. The molecule has 1 unspecified atom stereocenters. The molecule has 22 heavy (non-hydrogen) atoms. The van der Waals surface area contributed by atoms with E-state index in [-0.39, 0.29) is 31.3 Å². The van der Waals surface area contributed by atoms with Crippen LogP contribution in [-0.4, -0.2) is 27.4 Å². The lowest BCUT2D eigenvalue weighted by molar-refractivity contribution is 0.136. The number of nitrogens with one attached hydrogen (secondary N) is 1. The summed E-state index contributed by atoms with van der Waals surface area (Å²) in [5.41, 5.74) is -0.424. The van der Waals surface area contributed by atoms with Crippen LogP contribution in [0, 0.1) is 5.82 Å². The van der Waals surface area contributed by atoms with Crippen molar-refractivity contribution >= 4 is 0 Å². The van der Waals surface area contributed by atoms with Gasteiger partial charge >= 0.3 is 6.43 Å². The number of aliphatic hydroxyl groups excluding tert-OH is 1. The van der Waals surface area contributed by atoms with Crippen LogP contribution in [0.3, 0.4) is 0 Å². The van der Waals surface area contributed by atoms with Crippen LogP contribution in [0.5, 0.6) is 0 Å². The van der Waals surface area contributed by atoms with Gasteiger partial charge in [-0.05, 0) is 25.0 Å². The molecule has 1 aromatic carbocycles. The van der Waals surface area contributed by atoms with Gasteiger partial charge in [0.15, 0.2) is 0 Å². The Hall–Kier alpha value is -1.93. The first-order valence-electron chi connectivity index (χ1n) is 6.63. The average Bonchev–Trinajstić information content (AvgIpc) is 2.97. The summed E-state index contributed by atoms with van der Waals surface area (Å²) in [7, 11) is 0. The molecule has 8 heteroatoms. The highest BCUT2D eigenvalue weighted by atomic mass is 19.3. The summed E-state index contributed by atoms with van der Waals surface area (Å²) in [5, 5.41) is 15.6. The van der Waals surface area contributed by atoms with Gasteiger partial charge in [-0.2, -0.15) is 4.98 Å². The molecule has 2 aromatic rings. The average molecular weight is 315 g/mol. The molecule has 1 atom stereocenters. The Morgan fingerprint density at radius 1 is 1.36 bits per heavy atom. The predicted octanol–water partition coefficient (Wildman–Crippen LogP) is 2.23. The maximum Gasteiger partial charge on any atom is 0.300 e. The molecule has 5 nitrogen and oxygen atoms in total. The van der Waals surface area contributed by atoms with E-state index in [1.807, 2.05) is 0 Å². The molecule has 0 amide bonds. The van der Waals surface area contributed by atoms with Crippen LogP contribution in [0.15, 0.2) is 28.8 Å². The molecule has 1 heterocycles. The van der Waals surface area contributed by atoms with Gasteiger partial charge in [-0.1, -0.05) is 23.4 Å². The number of hydrogen-bond acceptors (Lipinski definition) is 5. The lowest BCUT2D eigenvalue weighted by atomic mass is 9.93. The Balaban J connectivity index is 2.02. The van der Waals surface area contributed by atoms with Gasteiger partial charge in [0.25, 0.3) is 0 Å². The van der Waals surface area contributed by atoms with Gasteiger partial charge in [-0.15, -0.1) is 0 Å². The maximum absolute atomic E-state index is 13.7. The zero-order chi connectivity index (χ0) is 16.2. The Morgan fingerprint density at radius 2 is 2.09 bits per heavy atom. The molecule has 2 rings (SSSR count). The molecule has 0 aliphatic heterocycles. The number of halogens is 3. The monoisotopic (exact) mass is 315 g/mol.